The maximum atomic E-state index is 12.1. The lowest BCUT2D eigenvalue weighted by atomic mass is 9.96. The number of fused-ring (bicyclic) bond motifs is 1. The third kappa shape index (κ3) is 2.56. The maximum absolute atomic E-state index is 12.1. The fourth-order valence-electron chi connectivity index (χ4n) is 2.56. The number of benzene rings is 1. The van der Waals surface area contributed by atoms with Crippen LogP contribution in [0.25, 0.3) is 0 Å². The van der Waals surface area contributed by atoms with Crippen molar-refractivity contribution in [1.82, 2.24) is 0 Å². The molecule has 1 aliphatic heterocycles. The van der Waals surface area contributed by atoms with E-state index >= 15 is 0 Å². The minimum absolute atomic E-state index is 0.0747. The number of carboxylic acid groups (broad SMARTS) is 1. The molecule has 2 atom stereocenters. The predicted octanol–water partition coefficient (Wildman–Crippen LogP) is 2.39. The van der Waals surface area contributed by atoms with Crippen LogP contribution in [0.15, 0.2) is 30.9 Å². The Hall–Kier alpha value is -2.50. The zero-order valence-corrected chi connectivity index (χ0v) is 11.9. The quantitative estimate of drug-likeness (QED) is 0.862. The monoisotopic (exact) mass is 291 g/mol. The summed E-state index contributed by atoms with van der Waals surface area (Å²) in [6.07, 6.45) is 0.875. The number of hydrogen-bond donors (Lipinski definition) is 1. The first-order valence-corrected chi connectivity index (χ1v) is 6.49. The molecular weight excluding hydrogens is 274 g/mol. The second-order valence-corrected chi connectivity index (χ2v) is 4.72. The van der Waals surface area contributed by atoms with Gasteiger partial charge in [-0.15, -0.1) is 0 Å². The van der Waals surface area contributed by atoms with E-state index < -0.39 is 24.0 Å². The topological polar surface area (TPSA) is 76.1 Å². The molecule has 0 aliphatic carbocycles. The Labute approximate surface area is 122 Å². The van der Waals surface area contributed by atoms with Crippen LogP contribution < -0.4 is 9.64 Å². The summed E-state index contributed by atoms with van der Waals surface area (Å²) < 4.78 is 10.2. The molecule has 1 aromatic carbocycles. The van der Waals surface area contributed by atoms with Crippen molar-refractivity contribution in [1.29, 1.82) is 0 Å². The summed E-state index contributed by atoms with van der Waals surface area (Å²) in [4.78, 5) is 25.0. The van der Waals surface area contributed by atoms with Crippen LogP contribution in [-0.2, 0) is 9.53 Å². The molecule has 0 saturated carbocycles. The standard InChI is InChI=1S/C15H17NO5/c1-4-7-21-15(19)16-9(2)13(14(17)18)11-8-10(20-3)5-6-12(11)16/h4-6,8-9,13H,1,7H2,2-3H3,(H,17,18). The summed E-state index contributed by atoms with van der Waals surface area (Å²) in [5, 5.41) is 9.43. The van der Waals surface area contributed by atoms with Gasteiger partial charge in [0.05, 0.1) is 18.8 Å². The molecule has 1 amide bonds. The highest BCUT2D eigenvalue weighted by atomic mass is 16.6. The number of rotatable bonds is 4. The molecule has 0 spiro atoms. The second kappa shape index (κ2) is 5.87. The average Bonchev–Trinajstić information content (AvgIpc) is 2.75. The number of amides is 1. The molecule has 0 bridgehead atoms. The molecule has 0 saturated heterocycles. The molecule has 2 unspecified atom stereocenters. The number of carbonyl (C=O) groups is 2. The molecule has 6 heteroatoms. The van der Waals surface area contributed by atoms with Gasteiger partial charge in [0, 0.05) is 0 Å². The van der Waals surface area contributed by atoms with E-state index in [-0.39, 0.29) is 6.61 Å². The number of methoxy groups -OCH3 is 1. The van der Waals surface area contributed by atoms with E-state index in [4.69, 9.17) is 9.47 Å². The molecule has 21 heavy (non-hydrogen) atoms. The van der Waals surface area contributed by atoms with E-state index in [1.807, 2.05) is 0 Å². The van der Waals surface area contributed by atoms with Crippen LogP contribution in [-0.4, -0.2) is 36.9 Å². The Morgan fingerprint density at radius 1 is 1.48 bits per heavy atom. The molecular formula is C15H17NO5. The van der Waals surface area contributed by atoms with Crippen LogP contribution in [0.5, 0.6) is 5.75 Å². The van der Waals surface area contributed by atoms with Crippen LogP contribution in [0.1, 0.15) is 18.4 Å². The van der Waals surface area contributed by atoms with E-state index in [0.29, 0.717) is 17.0 Å². The number of nitrogens with zero attached hydrogens (tertiary/aromatic N) is 1. The SMILES string of the molecule is C=CCOC(=O)N1c2ccc(OC)cc2C(C(=O)O)C1C. The first kappa shape index (κ1) is 14.9. The number of carbonyl (C=O) groups excluding carboxylic acids is 1. The number of aliphatic carboxylic acids is 1. The molecule has 2 rings (SSSR count). The van der Waals surface area contributed by atoms with E-state index in [0.717, 1.165) is 0 Å². The van der Waals surface area contributed by atoms with Crippen LogP contribution in [0.2, 0.25) is 0 Å². The van der Waals surface area contributed by atoms with Crippen LogP contribution in [0.3, 0.4) is 0 Å². The molecule has 1 aromatic rings. The highest BCUT2D eigenvalue weighted by molar-refractivity contribution is 5.96. The lowest BCUT2D eigenvalue weighted by Gasteiger charge is -2.23. The van der Waals surface area contributed by atoms with Crippen molar-refractivity contribution < 1.29 is 24.2 Å². The summed E-state index contributed by atoms with van der Waals surface area (Å²) >= 11 is 0. The maximum Gasteiger partial charge on any atom is 0.414 e. The van der Waals surface area contributed by atoms with Gasteiger partial charge in [-0.3, -0.25) is 9.69 Å². The van der Waals surface area contributed by atoms with E-state index in [2.05, 4.69) is 6.58 Å². The minimum Gasteiger partial charge on any atom is -0.497 e. The molecule has 6 nitrogen and oxygen atoms in total. The number of carboxylic acids is 1. The van der Waals surface area contributed by atoms with Crippen molar-refractivity contribution in [3.05, 3.63) is 36.4 Å². The number of ether oxygens (including phenoxy) is 2. The third-order valence-corrected chi connectivity index (χ3v) is 3.51. The van der Waals surface area contributed by atoms with Gasteiger partial charge in [-0.05, 0) is 30.7 Å². The zero-order valence-electron chi connectivity index (χ0n) is 11.9. The van der Waals surface area contributed by atoms with Crippen molar-refractivity contribution in [2.45, 2.75) is 18.9 Å². The molecule has 0 radical (unpaired) electrons. The molecule has 1 N–H and O–H groups in total. The Balaban J connectivity index is 2.44. The van der Waals surface area contributed by atoms with Gasteiger partial charge in [-0.2, -0.15) is 0 Å². The first-order valence-electron chi connectivity index (χ1n) is 6.49. The first-order chi connectivity index (χ1) is 10.0. The van der Waals surface area contributed by atoms with Crippen molar-refractivity contribution in [2.75, 3.05) is 18.6 Å². The van der Waals surface area contributed by atoms with Gasteiger partial charge in [0.1, 0.15) is 18.3 Å². The summed E-state index contributed by atoms with van der Waals surface area (Å²) in [5.41, 5.74) is 1.08. The highest BCUT2D eigenvalue weighted by Crippen LogP contribution is 2.43. The van der Waals surface area contributed by atoms with Gasteiger partial charge in [0.2, 0.25) is 0 Å². The fraction of sp³-hybridized carbons (Fsp3) is 0.333. The van der Waals surface area contributed by atoms with Crippen molar-refractivity contribution in [2.24, 2.45) is 0 Å². The van der Waals surface area contributed by atoms with Crippen LogP contribution >= 0.6 is 0 Å². The summed E-state index contributed by atoms with van der Waals surface area (Å²) in [6, 6.07) is 4.46. The average molecular weight is 291 g/mol. The minimum atomic E-state index is -0.990. The van der Waals surface area contributed by atoms with Gasteiger partial charge in [0.25, 0.3) is 0 Å². The Kier molecular flexibility index (Phi) is 4.16. The van der Waals surface area contributed by atoms with Crippen molar-refractivity contribution in [3.8, 4) is 5.75 Å². The lowest BCUT2D eigenvalue weighted by Crippen LogP contribution is -2.39. The zero-order chi connectivity index (χ0) is 15.6. The normalized spacial score (nSPS) is 19.8. The predicted molar refractivity (Wildman–Crippen MR) is 76.9 cm³/mol. The molecule has 0 aromatic heterocycles. The smallest absolute Gasteiger partial charge is 0.414 e. The Morgan fingerprint density at radius 2 is 2.19 bits per heavy atom. The summed E-state index contributed by atoms with van der Waals surface area (Å²) in [5.74, 6) is -1.25. The summed E-state index contributed by atoms with van der Waals surface area (Å²) in [6.45, 7) is 5.24. The summed E-state index contributed by atoms with van der Waals surface area (Å²) in [7, 11) is 1.51. The van der Waals surface area contributed by atoms with E-state index in [1.54, 1.807) is 25.1 Å². The number of anilines is 1. The van der Waals surface area contributed by atoms with Crippen LogP contribution in [0.4, 0.5) is 10.5 Å². The van der Waals surface area contributed by atoms with Gasteiger partial charge in [-0.1, -0.05) is 12.7 Å². The highest BCUT2D eigenvalue weighted by Gasteiger charge is 2.43. The molecule has 0 fully saturated rings. The molecule has 1 aliphatic rings. The number of hydrogen-bond acceptors (Lipinski definition) is 4. The van der Waals surface area contributed by atoms with Crippen LogP contribution in [0, 0.1) is 0 Å². The molecule has 1 heterocycles. The fourth-order valence-corrected chi connectivity index (χ4v) is 2.56. The second-order valence-electron chi connectivity index (χ2n) is 4.72. The van der Waals surface area contributed by atoms with Crippen molar-refractivity contribution >= 4 is 17.7 Å². The van der Waals surface area contributed by atoms with Gasteiger partial charge in [-0.25, -0.2) is 4.79 Å². The largest absolute Gasteiger partial charge is 0.497 e. The Morgan fingerprint density at radius 3 is 2.76 bits per heavy atom. The van der Waals surface area contributed by atoms with Gasteiger partial charge in [0.15, 0.2) is 0 Å². The lowest BCUT2D eigenvalue weighted by molar-refractivity contribution is -0.138. The molecule has 112 valence electrons. The van der Waals surface area contributed by atoms with Gasteiger partial charge < -0.3 is 14.6 Å². The van der Waals surface area contributed by atoms with E-state index in [1.165, 1.54) is 18.1 Å². The Bertz CT molecular complexity index is 583. The van der Waals surface area contributed by atoms with E-state index in [9.17, 15) is 14.7 Å². The van der Waals surface area contributed by atoms with Gasteiger partial charge >= 0.3 is 12.1 Å². The third-order valence-electron chi connectivity index (χ3n) is 3.51. The van der Waals surface area contributed by atoms with Crippen molar-refractivity contribution in [3.63, 3.8) is 0 Å².